The van der Waals surface area contributed by atoms with Crippen molar-refractivity contribution in [2.45, 2.75) is 31.6 Å². The van der Waals surface area contributed by atoms with Gasteiger partial charge < -0.3 is 13.9 Å². The third-order valence-corrected chi connectivity index (χ3v) is 3.02. The Labute approximate surface area is 123 Å². The minimum absolute atomic E-state index is 0.265. The molecule has 0 aliphatic carbocycles. The number of rotatable bonds is 6. The van der Waals surface area contributed by atoms with E-state index in [-0.39, 0.29) is 4.90 Å². The summed E-state index contributed by atoms with van der Waals surface area (Å²) in [5, 5.41) is 0.729. The molecule has 1 heterocycles. The second kappa shape index (κ2) is 6.70. The van der Waals surface area contributed by atoms with Crippen molar-refractivity contribution in [2.75, 3.05) is 13.2 Å². The van der Waals surface area contributed by atoms with Crippen LogP contribution in [0.15, 0.2) is 32.3 Å². The number of hydrogen-bond donors (Lipinski definition) is 1. The van der Waals surface area contributed by atoms with Crippen LogP contribution in [-0.4, -0.2) is 13.2 Å². The van der Waals surface area contributed by atoms with Crippen LogP contribution in [0.25, 0.3) is 11.0 Å². The molecule has 2 rings (SSSR count). The summed E-state index contributed by atoms with van der Waals surface area (Å²) in [5.41, 5.74) is -0.0116. The highest BCUT2D eigenvalue weighted by molar-refractivity contribution is 7.80. The lowest BCUT2D eigenvalue weighted by Crippen LogP contribution is -2.03. The SMILES string of the molecule is CCCOc1cc(OCCC)c2cc(S)c(=O)oc2c1. The number of benzene rings is 1. The molecule has 0 saturated heterocycles. The molecular weight excluding hydrogens is 276 g/mol. The Bertz CT molecular complexity index is 648. The number of hydrogen-bond acceptors (Lipinski definition) is 5. The summed E-state index contributed by atoms with van der Waals surface area (Å²) < 4.78 is 16.5. The van der Waals surface area contributed by atoms with Gasteiger partial charge in [-0.2, -0.15) is 0 Å². The smallest absolute Gasteiger partial charge is 0.349 e. The predicted molar refractivity (Wildman–Crippen MR) is 81.3 cm³/mol. The first kappa shape index (κ1) is 14.8. The number of thiol groups is 1. The highest BCUT2D eigenvalue weighted by atomic mass is 32.1. The van der Waals surface area contributed by atoms with Gasteiger partial charge in [0.2, 0.25) is 0 Å². The van der Waals surface area contributed by atoms with Gasteiger partial charge in [-0.3, -0.25) is 0 Å². The summed E-state index contributed by atoms with van der Waals surface area (Å²) in [6.45, 7) is 5.26. The molecule has 20 heavy (non-hydrogen) atoms. The lowest BCUT2D eigenvalue weighted by Gasteiger charge is -2.11. The minimum Gasteiger partial charge on any atom is -0.493 e. The van der Waals surface area contributed by atoms with Gasteiger partial charge in [-0.1, -0.05) is 13.8 Å². The highest BCUT2D eigenvalue weighted by Crippen LogP contribution is 2.32. The molecule has 0 aliphatic rings. The van der Waals surface area contributed by atoms with Crippen molar-refractivity contribution in [3.63, 3.8) is 0 Å². The Morgan fingerprint density at radius 2 is 1.80 bits per heavy atom. The van der Waals surface area contributed by atoms with Gasteiger partial charge in [-0.25, -0.2) is 4.79 Å². The number of ether oxygens (including phenoxy) is 2. The normalized spacial score (nSPS) is 10.8. The van der Waals surface area contributed by atoms with E-state index in [1.54, 1.807) is 12.1 Å². The largest absolute Gasteiger partial charge is 0.493 e. The van der Waals surface area contributed by atoms with Crippen molar-refractivity contribution >= 4 is 23.6 Å². The zero-order valence-electron chi connectivity index (χ0n) is 11.6. The standard InChI is InChI=1S/C15H18O4S/c1-3-5-17-10-7-12(18-6-4-2)11-9-14(20)15(16)19-13(11)8-10/h7-9,20H,3-6H2,1-2H3. The van der Waals surface area contributed by atoms with Crippen LogP contribution < -0.4 is 15.1 Å². The molecule has 108 valence electrons. The summed E-state index contributed by atoms with van der Waals surface area (Å²) in [6.07, 6.45) is 1.80. The Morgan fingerprint density at radius 3 is 2.50 bits per heavy atom. The first-order valence-corrected chi connectivity index (χ1v) is 7.17. The quantitative estimate of drug-likeness (QED) is 0.652. The lowest BCUT2D eigenvalue weighted by molar-refractivity contribution is 0.303. The van der Waals surface area contributed by atoms with E-state index in [0.29, 0.717) is 30.3 Å². The van der Waals surface area contributed by atoms with Gasteiger partial charge in [-0.15, -0.1) is 12.6 Å². The van der Waals surface area contributed by atoms with E-state index < -0.39 is 5.63 Å². The average molecular weight is 294 g/mol. The van der Waals surface area contributed by atoms with E-state index >= 15 is 0 Å². The molecule has 4 nitrogen and oxygen atoms in total. The molecule has 0 bridgehead atoms. The molecule has 1 aromatic carbocycles. The molecule has 0 aliphatic heterocycles. The van der Waals surface area contributed by atoms with Gasteiger partial charge >= 0.3 is 5.63 Å². The van der Waals surface area contributed by atoms with E-state index in [2.05, 4.69) is 12.6 Å². The molecule has 2 aromatic rings. The first-order chi connectivity index (χ1) is 9.65. The highest BCUT2D eigenvalue weighted by Gasteiger charge is 2.11. The van der Waals surface area contributed by atoms with Crippen LogP contribution in [-0.2, 0) is 0 Å². The third-order valence-electron chi connectivity index (χ3n) is 2.71. The second-order valence-electron chi connectivity index (χ2n) is 4.45. The van der Waals surface area contributed by atoms with Crippen LogP contribution in [0.4, 0.5) is 0 Å². The topological polar surface area (TPSA) is 48.7 Å². The van der Waals surface area contributed by atoms with Gasteiger partial charge in [0.25, 0.3) is 0 Å². The summed E-state index contributed by atoms with van der Waals surface area (Å²) in [7, 11) is 0. The van der Waals surface area contributed by atoms with Crippen LogP contribution in [0.1, 0.15) is 26.7 Å². The zero-order chi connectivity index (χ0) is 14.5. The first-order valence-electron chi connectivity index (χ1n) is 6.72. The van der Waals surface area contributed by atoms with Crippen LogP contribution >= 0.6 is 12.6 Å². The summed E-state index contributed by atoms with van der Waals surface area (Å²) in [6, 6.07) is 5.19. The van der Waals surface area contributed by atoms with Gasteiger partial charge in [-0.05, 0) is 18.9 Å². The third kappa shape index (κ3) is 3.28. The molecule has 0 amide bonds. The molecular formula is C15H18O4S. The molecule has 0 saturated carbocycles. The predicted octanol–water partition coefficient (Wildman–Crippen LogP) is 3.66. The van der Waals surface area contributed by atoms with Gasteiger partial charge in [0.15, 0.2) is 0 Å². The van der Waals surface area contributed by atoms with Crippen molar-refractivity contribution in [1.82, 2.24) is 0 Å². The maximum Gasteiger partial charge on any atom is 0.349 e. The molecule has 0 fully saturated rings. The van der Waals surface area contributed by atoms with E-state index in [4.69, 9.17) is 13.9 Å². The summed E-state index contributed by atoms with van der Waals surface area (Å²) in [4.78, 5) is 11.8. The molecule has 0 radical (unpaired) electrons. The molecule has 0 N–H and O–H groups in total. The van der Waals surface area contributed by atoms with Gasteiger partial charge in [0, 0.05) is 12.1 Å². The maximum absolute atomic E-state index is 11.6. The fraction of sp³-hybridized carbons (Fsp3) is 0.400. The van der Waals surface area contributed by atoms with E-state index in [1.807, 2.05) is 19.9 Å². The Balaban J connectivity index is 2.52. The summed E-state index contributed by atoms with van der Waals surface area (Å²) >= 11 is 4.10. The van der Waals surface area contributed by atoms with Crippen LogP contribution in [0, 0.1) is 0 Å². The van der Waals surface area contributed by atoms with E-state index in [9.17, 15) is 4.79 Å². The van der Waals surface area contributed by atoms with Crippen molar-refractivity contribution in [2.24, 2.45) is 0 Å². The minimum atomic E-state index is -0.463. The molecule has 0 spiro atoms. The van der Waals surface area contributed by atoms with Crippen LogP contribution in [0.3, 0.4) is 0 Å². The molecule has 0 atom stereocenters. The summed E-state index contributed by atoms with van der Waals surface area (Å²) in [5.74, 6) is 1.29. The van der Waals surface area contributed by atoms with Crippen molar-refractivity contribution in [3.8, 4) is 11.5 Å². The van der Waals surface area contributed by atoms with Gasteiger partial charge in [0.1, 0.15) is 17.1 Å². The Kier molecular flexibility index (Phi) is 4.95. The fourth-order valence-corrected chi connectivity index (χ4v) is 1.96. The fourth-order valence-electron chi connectivity index (χ4n) is 1.79. The Morgan fingerprint density at radius 1 is 1.10 bits per heavy atom. The monoisotopic (exact) mass is 294 g/mol. The Hall–Kier alpha value is -1.62. The van der Waals surface area contributed by atoms with Crippen LogP contribution in [0.5, 0.6) is 11.5 Å². The second-order valence-corrected chi connectivity index (χ2v) is 4.93. The van der Waals surface area contributed by atoms with Crippen LogP contribution in [0.2, 0.25) is 0 Å². The molecule has 0 unspecified atom stereocenters. The van der Waals surface area contributed by atoms with E-state index in [1.165, 1.54) is 0 Å². The average Bonchev–Trinajstić information content (AvgIpc) is 2.44. The zero-order valence-corrected chi connectivity index (χ0v) is 12.5. The van der Waals surface area contributed by atoms with Crippen molar-refractivity contribution in [3.05, 3.63) is 28.6 Å². The maximum atomic E-state index is 11.6. The van der Waals surface area contributed by atoms with Gasteiger partial charge in [0.05, 0.1) is 23.5 Å². The molecule has 1 aromatic heterocycles. The van der Waals surface area contributed by atoms with E-state index in [0.717, 1.165) is 18.2 Å². The van der Waals surface area contributed by atoms with Crippen molar-refractivity contribution < 1.29 is 13.9 Å². The lowest BCUT2D eigenvalue weighted by atomic mass is 10.2. The number of fused-ring (bicyclic) bond motifs is 1. The molecule has 5 heteroatoms. The van der Waals surface area contributed by atoms with Crippen molar-refractivity contribution in [1.29, 1.82) is 0 Å².